The van der Waals surface area contributed by atoms with Crippen LogP contribution in [0.5, 0.6) is 0 Å². The highest BCUT2D eigenvalue weighted by molar-refractivity contribution is 9.10. The van der Waals surface area contributed by atoms with Gasteiger partial charge in [0.05, 0.1) is 35.7 Å². The Morgan fingerprint density at radius 1 is 1.28 bits per heavy atom. The molecule has 1 aromatic rings. The normalized spacial score (nSPS) is 26.4. The minimum absolute atomic E-state index is 0.0949. The van der Waals surface area contributed by atoms with Crippen LogP contribution < -0.4 is 10.6 Å². The van der Waals surface area contributed by atoms with Gasteiger partial charge in [0.2, 0.25) is 5.91 Å². The summed E-state index contributed by atoms with van der Waals surface area (Å²) in [6, 6.07) is 2.51. The molecule has 3 fully saturated rings. The fourth-order valence-corrected chi connectivity index (χ4v) is 5.54. The summed E-state index contributed by atoms with van der Waals surface area (Å²) in [5.74, 6) is -4.46. The van der Waals surface area contributed by atoms with Crippen LogP contribution in [-0.2, 0) is 9.53 Å². The zero-order valence-electron chi connectivity index (χ0n) is 20.0. The van der Waals surface area contributed by atoms with Crippen LogP contribution in [0.3, 0.4) is 0 Å². The van der Waals surface area contributed by atoms with Crippen molar-refractivity contribution < 1.29 is 28.0 Å². The second kappa shape index (κ2) is 10.9. The number of hydrogen-bond acceptors (Lipinski definition) is 7. The first-order chi connectivity index (χ1) is 17.0. The fourth-order valence-electron chi connectivity index (χ4n) is 5.10. The fraction of sp³-hybridized carbons (Fsp3) is 0.652. The number of ether oxygens (including phenoxy) is 1. The van der Waals surface area contributed by atoms with Gasteiger partial charge in [-0.05, 0) is 25.8 Å². The van der Waals surface area contributed by atoms with Gasteiger partial charge in [-0.15, -0.1) is 0 Å². The third-order valence-electron chi connectivity index (χ3n) is 6.79. The summed E-state index contributed by atoms with van der Waals surface area (Å²) in [6.45, 7) is 3.35. The Kier molecular flexibility index (Phi) is 8.10. The van der Waals surface area contributed by atoms with E-state index in [2.05, 4.69) is 26.6 Å². The minimum atomic E-state index is -2.93. The predicted molar refractivity (Wildman–Crippen MR) is 131 cm³/mol. The largest absolute Gasteiger partial charge is 0.375 e. The number of nitro benzene ring substituents is 1. The first-order valence-corrected chi connectivity index (χ1v) is 12.9. The summed E-state index contributed by atoms with van der Waals surface area (Å²) in [7, 11) is 0. The van der Waals surface area contributed by atoms with Gasteiger partial charge in [-0.3, -0.25) is 19.7 Å². The lowest BCUT2D eigenvalue weighted by Crippen LogP contribution is -2.53. The highest BCUT2D eigenvalue weighted by atomic mass is 79.9. The average Bonchev–Trinajstić information content (AvgIpc) is 2.83. The van der Waals surface area contributed by atoms with Crippen molar-refractivity contribution in [2.45, 2.75) is 44.3 Å². The van der Waals surface area contributed by atoms with Crippen LogP contribution in [-0.4, -0.2) is 90.5 Å². The summed E-state index contributed by atoms with van der Waals surface area (Å²) in [5, 5.41) is 17.7. The van der Waals surface area contributed by atoms with Crippen molar-refractivity contribution in [3.63, 3.8) is 0 Å². The van der Waals surface area contributed by atoms with Crippen LogP contribution in [0.1, 0.15) is 36.5 Å². The van der Waals surface area contributed by atoms with Gasteiger partial charge in [0.15, 0.2) is 0 Å². The molecule has 0 bridgehead atoms. The molecule has 0 unspecified atom stereocenters. The Bertz CT molecular complexity index is 1030. The van der Waals surface area contributed by atoms with E-state index < -0.39 is 29.7 Å². The van der Waals surface area contributed by atoms with E-state index in [1.165, 1.54) is 6.07 Å². The first kappa shape index (κ1) is 26.7. The van der Waals surface area contributed by atoms with Crippen LogP contribution >= 0.6 is 15.9 Å². The van der Waals surface area contributed by atoms with E-state index in [1.54, 1.807) is 15.9 Å². The van der Waals surface area contributed by atoms with E-state index in [4.69, 9.17) is 4.74 Å². The molecule has 10 nitrogen and oxygen atoms in total. The van der Waals surface area contributed by atoms with Crippen LogP contribution in [0, 0.1) is 16.0 Å². The number of carbonyl (C=O) groups is 2. The van der Waals surface area contributed by atoms with Crippen LogP contribution in [0.25, 0.3) is 0 Å². The number of halogens is 3. The molecule has 0 saturated carbocycles. The molecule has 0 aromatic heterocycles. The number of benzene rings is 1. The van der Waals surface area contributed by atoms with E-state index in [0.29, 0.717) is 43.6 Å². The lowest BCUT2D eigenvalue weighted by molar-refractivity contribution is -0.384. The monoisotopic (exact) mass is 573 g/mol. The Balaban J connectivity index is 1.55. The number of rotatable bonds is 5. The topological polar surface area (TPSA) is 117 Å². The smallest absolute Gasteiger partial charge is 0.294 e. The zero-order chi connectivity index (χ0) is 26.0. The summed E-state index contributed by atoms with van der Waals surface area (Å²) in [4.78, 5) is 41.0. The Labute approximate surface area is 216 Å². The van der Waals surface area contributed by atoms with Gasteiger partial charge in [0.1, 0.15) is 5.69 Å². The SMILES string of the molecule is C[C@@H]1CN(C(=O)c2cc(Br)cc([N+](=O)[O-])c2N[C@@H]2CCCN(C(=O)[C@H]3CNCC(F)(F)C3)C2)CCO1. The molecular weight excluding hydrogens is 544 g/mol. The second-order valence-electron chi connectivity index (χ2n) is 9.69. The molecule has 0 radical (unpaired) electrons. The molecule has 3 aliphatic heterocycles. The molecule has 0 spiro atoms. The molecule has 1 aromatic carbocycles. The third kappa shape index (κ3) is 6.12. The number of nitro groups is 1. The van der Waals surface area contributed by atoms with Gasteiger partial charge < -0.3 is 25.2 Å². The van der Waals surface area contributed by atoms with Crippen LogP contribution in [0.15, 0.2) is 16.6 Å². The molecule has 13 heteroatoms. The van der Waals surface area contributed by atoms with E-state index in [-0.39, 0.29) is 54.0 Å². The second-order valence-corrected chi connectivity index (χ2v) is 10.6. The molecule has 36 heavy (non-hydrogen) atoms. The summed E-state index contributed by atoms with van der Waals surface area (Å²) in [5.41, 5.74) is -0.00383. The van der Waals surface area contributed by atoms with Crippen LogP contribution in [0.2, 0.25) is 0 Å². The van der Waals surface area contributed by atoms with Crippen LogP contribution in [0.4, 0.5) is 20.2 Å². The van der Waals surface area contributed by atoms with Crippen molar-refractivity contribution >= 4 is 39.1 Å². The molecule has 198 valence electrons. The van der Waals surface area contributed by atoms with Crippen molar-refractivity contribution in [2.24, 2.45) is 5.92 Å². The Hall–Kier alpha value is -2.38. The van der Waals surface area contributed by atoms with Gasteiger partial charge in [0, 0.05) is 55.7 Å². The molecule has 3 aliphatic rings. The number of anilines is 1. The molecule has 0 aliphatic carbocycles. The lowest BCUT2D eigenvalue weighted by Gasteiger charge is -2.38. The highest BCUT2D eigenvalue weighted by Gasteiger charge is 2.41. The van der Waals surface area contributed by atoms with Crippen molar-refractivity contribution in [1.29, 1.82) is 0 Å². The number of alkyl halides is 2. The average molecular weight is 574 g/mol. The van der Waals surface area contributed by atoms with E-state index in [0.717, 1.165) is 0 Å². The molecule has 2 amide bonds. The summed E-state index contributed by atoms with van der Waals surface area (Å²) >= 11 is 3.28. The maximum absolute atomic E-state index is 13.8. The Morgan fingerprint density at radius 2 is 2.06 bits per heavy atom. The van der Waals surface area contributed by atoms with Crippen molar-refractivity contribution in [1.82, 2.24) is 15.1 Å². The minimum Gasteiger partial charge on any atom is -0.375 e. The van der Waals surface area contributed by atoms with E-state index in [9.17, 15) is 28.5 Å². The maximum atomic E-state index is 13.8. The third-order valence-corrected chi connectivity index (χ3v) is 7.25. The van der Waals surface area contributed by atoms with Gasteiger partial charge in [0.25, 0.3) is 17.5 Å². The number of carbonyl (C=O) groups excluding carboxylic acids is 2. The number of hydrogen-bond donors (Lipinski definition) is 2. The van der Waals surface area contributed by atoms with E-state index in [1.807, 2.05) is 6.92 Å². The van der Waals surface area contributed by atoms with Gasteiger partial charge in [-0.25, -0.2) is 8.78 Å². The van der Waals surface area contributed by atoms with Crippen molar-refractivity contribution in [2.75, 3.05) is 51.2 Å². The van der Waals surface area contributed by atoms with Gasteiger partial charge in [-0.1, -0.05) is 15.9 Å². The number of amides is 2. The molecule has 4 rings (SSSR count). The van der Waals surface area contributed by atoms with Crippen molar-refractivity contribution in [3.8, 4) is 0 Å². The van der Waals surface area contributed by atoms with Gasteiger partial charge in [-0.2, -0.15) is 0 Å². The molecule has 3 saturated heterocycles. The molecule has 3 heterocycles. The predicted octanol–water partition coefficient (Wildman–Crippen LogP) is 2.87. The number of nitrogens with zero attached hydrogens (tertiary/aromatic N) is 3. The lowest BCUT2D eigenvalue weighted by atomic mass is 9.94. The number of piperidine rings is 2. The summed E-state index contributed by atoms with van der Waals surface area (Å²) < 4.78 is 33.6. The van der Waals surface area contributed by atoms with E-state index >= 15 is 0 Å². The van der Waals surface area contributed by atoms with Crippen molar-refractivity contribution in [3.05, 3.63) is 32.3 Å². The summed E-state index contributed by atoms with van der Waals surface area (Å²) in [6.07, 6.45) is 0.565. The number of likely N-dealkylation sites (tertiary alicyclic amines) is 1. The first-order valence-electron chi connectivity index (χ1n) is 12.1. The number of morpholine rings is 1. The molecule has 2 N–H and O–H groups in total. The standard InChI is InChI=1S/C23H30BrF2N5O5/c1-14-11-30(5-6-36-14)22(33)18-7-16(24)8-19(31(34)35)20(18)28-17-3-2-4-29(12-17)21(32)15-9-23(25,26)13-27-10-15/h7-8,14-15,17,27-28H,2-6,9-13H2,1H3/t14-,15-,17-/m1/s1. The molecular formula is C23H30BrF2N5O5. The van der Waals surface area contributed by atoms with Gasteiger partial charge >= 0.3 is 0 Å². The quantitative estimate of drug-likeness (QED) is 0.411. The molecule has 3 atom stereocenters. The number of nitrogens with one attached hydrogen (secondary N) is 2. The zero-order valence-corrected chi connectivity index (χ0v) is 21.6. The Morgan fingerprint density at radius 3 is 2.75 bits per heavy atom. The highest BCUT2D eigenvalue weighted by Crippen LogP contribution is 2.35. The maximum Gasteiger partial charge on any atom is 0.294 e.